The van der Waals surface area contributed by atoms with Crippen molar-refractivity contribution in [3.05, 3.63) is 95.6 Å². The smallest absolute Gasteiger partial charge is 0.000718 e. The van der Waals surface area contributed by atoms with Crippen molar-refractivity contribution < 1.29 is 0 Å². The first-order valence-corrected chi connectivity index (χ1v) is 8.51. The Morgan fingerprint density at radius 2 is 1.46 bits per heavy atom. The van der Waals surface area contributed by atoms with Crippen molar-refractivity contribution in [3.63, 3.8) is 0 Å². The summed E-state index contributed by atoms with van der Waals surface area (Å²) in [5.41, 5.74) is 9.82. The molecule has 0 saturated heterocycles. The molecular formula is C24H18. The molecule has 4 aromatic carbocycles. The molecule has 0 unspecified atom stereocenters. The minimum atomic E-state index is 1.04. The molecule has 1 aliphatic carbocycles. The van der Waals surface area contributed by atoms with Gasteiger partial charge >= 0.3 is 0 Å². The van der Waals surface area contributed by atoms with Crippen molar-refractivity contribution >= 4 is 10.8 Å². The molecule has 0 heteroatoms. The molecule has 0 heterocycles. The first-order chi connectivity index (χ1) is 11.8. The Kier molecular flexibility index (Phi) is 2.87. The maximum absolute atomic E-state index is 2.33. The van der Waals surface area contributed by atoms with E-state index in [0.29, 0.717) is 0 Å². The Labute approximate surface area is 142 Å². The Hall–Kier alpha value is -2.86. The molecule has 0 bridgehead atoms. The lowest BCUT2D eigenvalue weighted by molar-refractivity contribution is 1.25. The van der Waals surface area contributed by atoms with Gasteiger partial charge in [0, 0.05) is 0 Å². The van der Waals surface area contributed by atoms with Crippen molar-refractivity contribution in [2.45, 2.75) is 13.3 Å². The van der Waals surface area contributed by atoms with Crippen LogP contribution in [-0.2, 0) is 6.42 Å². The van der Waals surface area contributed by atoms with Gasteiger partial charge in [0.15, 0.2) is 0 Å². The molecular weight excluding hydrogens is 288 g/mol. The van der Waals surface area contributed by atoms with Crippen molar-refractivity contribution in [2.75, 3.05) is 0 Å². The van der Waals surface area contributed by atoms with Crippen LogP contribution in [0.4, 0.5) is 0 Å². The fourth-order valence-electron chi connectivity index (χ4n) is 4.08. The Balaban J connectivity index is 1.77. The summed E-state index contributed by atoms with van der Waals surface area (Å²) in [7, 11) is 0. The van der Waals surface area contributed by atoms with Gasteiger partial charge in [-0.2, -0.15) is 0 Å². The first kappa shape index (κ1) is 13.6. The van der Waals surface area contributed by atoms with E-state index in [9.17, 15) is 0 Å². The first-order valence-electron chi connectivity index (χ1n) is 8.51. The van der Waals surface area contributed by atoms with E-state index in [1.807, 2.05) is 0 Å². The summed E-state index contributed by atoms with van der Waals surface area (Å²) in [4.78, 5) is 0. The third-order valence-corrected chi connectivity index (χ3v) is 5.23. The molecule has 0 saturated carbocycles. The van der Waals surface area contributed by atoms with Crippen LogP contribution in [0.5, 0.6) is 0 Å². The fraction of sp³-hybridized carbons (Fsp3) is 0.0833. The molecule has 0 atom stereocenters. The minimum Gasteiger partial charge on any atom is -0.0619 e. The molecule has 0 radical (unpaired) electrons. The minimum absolute atomic E-state index is 1.04. The highest BCUT2D eigenvalue weighted by molar-refractivity contribution is 5.91. The molecule has 0 aromatic heterocycles. The maximum Gasteiger partial charge on any atom is -0.000718 e. The second kappa shape index (κ2) is 5.07. The third-order valence-electron chi connectivity index (χ3n) is 5.23. The van der Waals surface area contributed by atoms with Crippen LogP contribution in [0.2, 0.25) is 0 Å². The van der Waals surface area contributed by atoms with Gasteiger partial charge in [0.25, 0.3) is 0 Å². The van der Waals surface area contributed by atoms with E-state index < -0.39 is 0 Å². The highest BCUT2D eigenvalue weighted by atomic mass is 14.3. The van der Waals surface area contributed by atoms with Crippen LogP contribution in [-0.4, -0.2) is 0 Å². The summed E-state index contributed by atoms with van der Waals surface area (Å²) in [5, 5.41) is 2.61. The summed E-state index contributed by atoms with van der Waals surface area (Å²) in [6, 6.07) is 28.8. The van der Waals surface area contributed by atoms with Gasteiger partial charge in [0.05, 0.1) is 0 Å². The van der Waals surface area contributed by atoms with E-state index in [1.165, 1.54) is 49.7 Å². The lowest BCUT2D eigenvalue weighted by Crippen LogP contribution is -1.92. The van der Waals surface area contributed by atoms with Crippen molar-refractivity contribution in [2.24, 2.45) is 0 Å². The standard InChI is InChI=1S/C24H18/c1-16-10-13-22-21-9-5-4-8-19(21)15-23(22)24(16)20-12-11-17-6-2-3-7-18(17)14-20/h2-14H,15H2,1H3. The molecule has 24 heavy (non-hydrogen) atoms. The average Bonchev–Trinajstić information content (AvgIpc) is 2.99. The van der Waals surface area contributed by atoms with Crippen molar-refractivity contribution in [1.29, 1.82) is 0 Å². The largest absolute Gasteiger partial charge is 0.0619 e. The lowest BCUT2D eigenvalue weighted by atomic mass is 9.90. The normalized spacial score (nSPS) is 12.2. The summed E-state index contributed by atoms with van der Waals surface area (Å²) < 4.78 is 0. The van der Waals surface area contributed by atoms with E-state index >= 15 is 0 Å². The van der Waals surface area contributed by atoms with Gasteiger partial charge in [0.1, 0.15) is 0 Å². The van der Waals surface area contributed by atoms with Crippen LogP contribution in [0.15, 0.2) is 78.9 Å². The quantitative estimate of drug-likeness (QED) is 0.337. The van der Waals surface area contributed by atoms with E-state index in [0.717, 1.165) is 6.42 Å². The third kappa shape index (κ3) is 1.93. The zero-order valence-corrected chi connectivity index (χ0v) is 13.7. The number of fused-ring (bicyclic) bond motifs is 4. The summed E-state index contributed by atoms with van der Waals surface area (Å²) in [6.07, 6.45) is 1.04. The van der Waals surface area contributed by atoms with Crippen LogP contribution in [0.1, 0.15) is 16.7 Å². The summed E-state index contributed by atoms with van der Waals surface area (Å²) in [6.45, 7) is 2.23. The van der Waals surface area contributed by atoms with Gasteiger partial charge in [-0.1, -0.05) is 72.8 Å². The zero-order chi connectivity index (χ0) is 16.1. The number of rotatable bonds is 1. The lowest BCUT2D eigenvalue weighted by Gasteiger charge is -2.13. The molecule has 0 fully saturated rings. The predicted octanol–water partition coefficient (Wildman–Crippen LogP) is 6.39. The molecule has 1 aliphatic rings. The second-order valence-electron chi connectivity index (χ2n) is 6.68. The number of hydrogen-bond acceptors (Lipinski definition) is 0. The number of aryl methyl sites for hydroxylation is 1. The van der Waals surface area contributed by atoms with E-state index in [1.54, 1.807) is 0 Å². The van der Waals surface area contributed by atoms with Crippen LogP contribution in [0.3, 0.4) is 0 Å². The van der Waals surface area contributed by atoms with Crippen LogP contribution in [0.25, 0.3) is 33.0 Å². The highest BCUT2D eigenvalue weighted by Crippen LogP contribution is 2.43. The SMILES string of the molecule is Cc1ccc2c(c1-c1ccc3ccccc3c1)Cc1ccccc1-2. The van der Waals surface area contributed by atoms with Crippen LogP contribution < -0.4 is 0 Å². The molecule has 0 N–H and O–H groups in total. The van der Waals surface area contributed by atoms with E-state index in [4.69, 9.17) is 0 Å². The maximum atomic E-state index is 2.33. The molecule has 4 aromatic rings. The molecule has 114 valence electrons. The average molecular weight is 306 g/mol. The van der Waals surface area contributed by atoms with Crippen molar-refractivity contribution in [3.8, 4) is 22.3 Å². The number of hydrogen-bond donors (Lipinski definition) is 0. The highest BCUT2D eigenvalue weighted by Gasteiger charge is 2.22. The Morgan fingerprint density at radius 3 is 2.38 bits per heavy atom. The molecule has 0 nitrogen and oxygen atoms in total. The summed E-state index contributed by atoms with van der Waals surface area (Å²) in [5.74, 6) is 0. The van der Waals surface area contributed by atoms with Gasteiger partial charge in [-0.25, -0.2) is 0 Å². The van der Waals surface area contributed by atoms with Gasteiger partial charge in [0.2, 0.25) is 0 Å². The second-order valence-corrected chi connectivity index (χ2v) is 6.68. The van der Waals surface area contributed by atoms with E-state index in [-0.39, 0.29) is 0 Å². The van der Waals surface area contributed by atoms with Gasteiger partial charge in [-0.05, 0) is 69.1 Å². The van der Waals surface area contributed by atoms with Crippen LogP contribution >= 0.6 is 0 Å². The molecule has 0 amide bonds. The molecule has 0 spiro atoms. The zero-order valence-electron chi connectivity index (χ0n) is 13.7. The van der Waals surface area contributed by atoms with Gasteiger partial charge in [-0.15, -0.1) is 0 Å². The molecule has 5 rings (SSSR count). The summed E-state index contributed by atoms with van der Waals surface area (Å²) >= 11 is 0. The number of benzene rings is 4. The van der Waals surface area contributed by atoms with Gasteiger partial charge in [-0.3, -0.25) is 0 Å². The fourth-order valence-corrected chi connectivity index (χ4v) is 4.08. The Bertz CT molecular complexity index is 1090. The monoisotopic (exact) mass is 306 g/mol. The van der Waals surface area contributed by atoms with Crippen molar-refractivity contribution in [1.82, 2.24) is 0 Å². The van der Waals surface area contributed by atoms with E-state index in [2.05, 4.69) is 85.8 Å². The molecule has 0 aliphatic heterocycles. The Morgan fingerprint density at radius 1 is 0.667 bits per heavy atom. The van der Waals surface area contributed by atoms with Gasteiger partial charge < -0.3 is 0 Å². The van der Waals surface area contributed by atoms with Crippen LogP contribution in [0, 0.1) is 6.92 Å². The topological polar surface area (TPSA) is 0 Å². The predicted molar refractivity (Wildman–Crippen MR) is 102 cm³/mol.